The summed E-state index contributed by atoms with van der Waals surface area (Å²) in [6.07, 6.45) is 2.48. The lowest BCUT2D eigenvalue weighted by molar-refractivity contribution is 0.0958. The van der Waals surface area contributed by atoms with E-state index in [4.69, 9.17) is 4.74 Å². The Morgan fingerprint density at radius 2 is 2.31 bits per heavy atom. The average molecular weight is 284 g/mol. The van der Waals surface area contributed by atoms with Crippen molar-refractivity contribution in [3.8, 4) is 5.75 Å². The molecule has 1 aromatic carbocycles. The highest BCUT2D eigenvalue weighted by Crippen LogP contribution is 2.31. The van der Waals surface area contributed by atoms with Crippen molar-refractivity contribution in [1.29, 1.82) is 0 Å². The number of carbonyl (C=O) groups is 1. The fourth-order valence-electron chi connectivity index (χ4n) is 1.43. The van der Waals surface area contributed by atoms with E-state index in [1.807, 2.05) is 12.1 Å². The predicted octanol–water partition coefficient (Wildman–Crippen LogP) is 2.60. The van der Waals surface area contributed by atoms with Crippen LogP contribution in [0.1, 0.15) is 23.2 Å². The van der Waals surface area contributed by atoms with Crippen molar-refractivity contribution in [3.63, 3.8) is 0 Å². The zero-order chi connectivity index (χ0) is 11.5. The molecule has 0 atom stereocenters. The van der Waals surface area contributed by atoms with Gasteiger partial charge in [-0.05, 0) is 37.0 Å². The molecule has 1 saturated carbocycles. The second-order valence-corrected chi connectivity index (χ2v) is 4.89. The van der Waals surface area contributed by atoms with Gasteiger partial charge >= 0.3 is 0 Å². The molecule has 86 valence electrons. The molecule has 1 amide bonds. The maximum atomic E-state index is 11.6. The Kier molecular flexibility index (Phi) is 3.49. The van der Waals surface area contributed by atoms with E-state index in [2.05, 4.69) is 21.2 Å². The largest absolute Gasteiger partial charge is 0.492 e. The van der Waals surface area contributed by atoms with E-state index in [0.717, 1.165) is 4.47 Å². The van der Waals surface area contributed by atoms with E-state index in [9.17, 15) is 4.79 Å². The predicted molar refractivity (Wildman–Crippen MR) is 65.8 cm³/mol. The number of amides is 1. The molecule has 1 fully saturated rings. The molecule has 0 spiro atoms. The zero-order valence-electron chi connectivity index (χ0n) is 9.13. The van der Waals surface area contributed by atoms with Crippen LogP contribution < -0.4 is 10.1 Å². The highest BCUT2D eigenvalue weighted by atomic mass is 79.9. The number of rotatable bonds is 4. The van der Waals surface area contributed by atoms with Crippen molar-refractivity contribution < 1.29 is 9.53 Å². The first kappa shape index (κ1) is 11.5. The maximum absolute atomic E-state index is 11.6. The standard InChI is InChI=1S/C12H14BrNO2/c1-14-12(15)10-6-9(13)4-5-11(10)16-7-8-2-3-8/h4-6,8H,2-3,7H2,1H3,(H,14,15). The van der Waals surface area contributed by atoms with Crippen LogP contribution in [-0.2, 0) is 0 Å². The number of halogens is 1. The lowest BCUT2D eigenvalue weighted by atomic mass is 10.2. The van der Waals surface area contributed by atoms with Crippen molar-refractivity contribution in [1.82, 2.24) is 5.32 Å². The Morgan fingerprint density at radius 1 is 1.56 bits per heavy atom. The molecule has 0 aliphatic heterocycles. The Balaban J connectivity index is 2.16. The van der Waals surface area contributed by atoms with E-state index in [1.54, 1.807) is 13.1 Å². The van der Waals surface area contributed by atoms with Gasteiger partial charge in [-0.3, -0.25) is 4.79 Å². The molecule has 0 aromatic heterocycles. The molecule has 0 heterocycles. The third kappa shape index (κ3) is 2.76. The normalized spacial score (nSPS) is 14.6. The van der Waals surface area contributed by atoms with Gasteiger partial charge in [-0.2, -0.15) is 0 Å². The lowest BCUT2D eigenvalue weighted by Gasteiger charge is -2.10. The first-order valence-electron chi connectivity index (χ1n) is 5.35. The highest BCUT2D eigenvalue weighted by molar-refractivity contribution is 9.10. The summed E-state index contributed by atoms with van der Waals surface area (Å²) in [6, 6.07) is 5.49. The summed E-state index contributed by atoms with van der Waals surface area (Å²) in [5.74, 6) is 1.22. The van der Waals surface area contributed by atoms with Crippen molar-refractivity contribution >= 4 is 21.8 Å². The fraction of sp³-hybridized carbons (Fsp3) is 0.417. The van der Waals surface area contributed by atoms with Gasteiger partial charge in [0.15, 0.2) is 0 Å². The first-order valence-corrected chi connectivity index (χ1v) is 6.14. The SMILES string of the molecule is CNC(=O)c1cc(Br)ccc1OCC1CC1. The molecule has 1 aromatic rings. The zero-order valence-corrected chi connectivity index (χ0v) is 10.7. The van der Waals surface area contributed by atoms with Gasteiger partial charge in [-0.15, -0.1) is 0 Å². The summed E-state index contributed by atoms with van der Waals surface area (Å²) in [5, 5.41) is 2.61. The number of hydrogen-bond acceptors (Lipinski definition) is 2. The van der Waals surface area contributed by atoms with E-state index >= 15 is 0 Å². The second-order valence-electron chi connectivity index (χ2n) is 3.97. The van der Waals surface area contributed by atoms with Gasteiger partial charge in [0.2, 0.25) is 0 Å². The van der Waals surface area contributed by atoms with Crippen molar-refractivity contribution in [2.75, 3.05) is 13.7 Å². The number of carbonyl (C=O) groups excluding carboxylic acids is 1. The number of benzene rings is 1. The maximum Gasteiger partial charge on any atom is 0.254 e. The number of hydrogen-bond donors (Lipinski definition) is 1. The van der Waals surface area contributed by atoms with Crippen LogP contribution in [-0.4, -0.2) is 19.6 Å². The molecule has 1 aliphatic rings. The van der Waals surface area contributed by atoms with Crippen molar-refractivity contribution in [2.45, 2.75) is 12.8 Å². The van der Waals surface area contributed by atoms with E-state index in [1.165, 1.54) is 12.8 Å². The van der Waals surface area contributed by atoms with Gasteiger partial charge in [-0.1, -0.05) is 15.9 Å². The van der Waals surface area contributed by atoms with E-state index < -0.39 is 0 Å². The molecule has 0 unspecified atom stereocenters. The van der Waals surface area contributed by atoms with Crippen LogP contribution in [0.15, 0.2) is 22.7 Å². The Morgan fingerprint density at radius 3 is 2.94 bits per heavy atom. The third-order valence-corrected chi connectivity index (χ3v) is 3.08. The quantitative estimate of drug-likeness (QED) is 0.923. The number of ether oxygens (including phenoxy) is 1. The Hall–Kier alpha value is -1.03. The molecular weight excluding hydrogens is 270 g/mol. The highest BCUT2D eigenvalue weighted by Gasteiger charge is 2.23. The summed E-state index contributed by atoms with van der Waals surface area (Å²) < 4.78 is 6.54. The molecule has 1 N–H and O–H groups in total. The molecule has 0 radical (unpaired) electrons. The number of nitrogens with one attached hydrogen (secondary N) is 1. The van der Waals surface area contributed by atoms with Crippen molar-refractivity contribution in [3.05, 3.63) is 28.2 Å². The van der Waals surface area contributed by atoms with E-state index in [0.29, 0.717) is 23.8 Å². The van der Waals surface area contributed by atoms with Crippen LogP contribution in [0, 0.1) is 5.92 Å². The van der Waals surface area contributed by atoms with Crippen LogP contribution in [0.2, 0.25) is 0 Å². The summed E-state index contributed by atoms with van der Waals surface area (Å²) in [4.78, 5) is 11.6. The molecule has 2 rings (SSSR count). The van der Waals surface area contributed by atoms with Crippen LogP contribution in [0.25, 0.3) is 0 Å². The lowest BCUT2D eigenvalue weighted by Crippen LogP contribution is -2.19. The summed E-state index contributed by atoms with van der Waals surface area (Å²) >= 11 is 3.35. The van der Waals surface area contributed by atoms with Crippen LogP contribution >= 0.6 is 15.9 Å². The van der Waals surface area contributed by atoms with E-state index in [-0.39, 0.29) is 5.91 Å². The summed E-state index contributed by atoms with van der Waals surface area (Å²) in [7, 11) is 1.62. The molecular formula is C12H14BrNO2. The average Bonchev–Trinajstić information content (AvgIpc) is 3.10. The van der Waals surface area contributed by atoms with Gasteiger partial charge in [0.1, 0.15) is 5.75 Å². The van der Waals surface area contributed by atoms with Gasteiger partial charge in [-0.25, -0.2) is 0 Å². The molecule has 1 aliphatic carbocycles. The first-order chi connectivity index (χ1) is 7.70. The molecule has 3 nitrogen and oxygen atoms in total. The summed E-state index contributed by atoms with van der Waals surface area (Å²) in [5.41, 5.74) is 0.581. The Labute approximate surface area is 103 Å². The molecule has 16 heavy (non-hydrogen) atoms. The second kappa shape index (κ2) is 4.87. The van der Waals surface area contributed by atoms with Crippen LogP contribution in [0.5, 0.6) is 5.75 Å². The Bertz CT molecular complexity index is 402. The van der Waals surface area contributed by atoms with Crippen LogP contribution in [0.4, 0.5) is 0 Å². The van der Waals surface area contributed by atoms with Crippen LogP contribution in [0.3, 0.4) is 0 Å². The molecule has 4 heteroatoms. The minimum atomic E-state index is -0.118. The summed E-state index contributed by atoms with van der Waals surface area (Å²) in [6.45, 7) is 0.714. The molecule has 0 bridgehead atoms. The minimum absolute atomic E-state index is 0.118. The topological polar surface area (TPSA) is 38.3 Å². The molecule has 0 saturated heterocycles. The smallest absolute Gasteiger partial charge is 0.254 e. The minimum Gasteiger partial charge on any atom is -0.492 e. The fourth-order valence-corrected chi connectivity index (χ4v) is 1.79. The van der Waals surface area contributed by atoms with Gasteiger partial charge in [0.25, 0.3) is 5.91 Å². The van der Waals surface area contributed by atoms with Gasteiger partial charge in [0, 0.05) is 11.5 Å². The van der Waals surface area contributed by atoms with Gasteiger partial charge in [0.05, 0.1) is 12.2 Å². The monoisotopic (exact) mass is 283 g/mol. The van der Waals surface area contributed by atoms with Crippen molar-refractivity contribution in [2.24, 2.45) is 5.92 Å². The van der Waals surface area contributed by atoms with Gasteiger partial charge < -0.3 is 10.1 Å². The third-order valence-electron chi connectivity index (χ3n) is 2.58.